The molecule has 1 aliphatic heterocycles. The van der Waals surface area contributed by atoms with E-state index in [1.165, 1.54) is 11.0 Å². The summed E-state index contributed by atoms with van der Waals surface area (Å²) in [4.78, 5) is 27.5. The number of carbonyl (C=O) groups excluding carboxylic acids is 2. The molecule has 3 amide bonds. The number of benzene rings is 1. The van der Waals surface area contributed by atoms with E-state index in [9.17, 15) is 22.8 Å². The standard InChI is InChI=1S/C22H30F3N5O3S/c1-21(2)16-12(17(29-28-16)27-18(31)22(3,4)34(5,6)7)11-30(21)20(32)26-15-13(23)9-8-10-14(15)33-19(24)25/h8-10,19H,11H2,1-7H3,(H,26,32)(H2,27,28,29,31). The number of amides is 3. The SMILES string of the molecule is CC1(C)c2[nH]nc(NC(=O)C(C)(C)S(C)(C)C)c2CN1C(=O)Nc1c(F)cccc1OC(F)F. The van der Waals surface area contributed by atoms with Crippen LogP contribution in [-0.4, -0.2) is 57.2 Å². The van der Waals surface area contributed by atoms with Gasteiger partial charge in [0.25, 0.3) is 0 Å². The predicted molar refractivity (Wildman–Crippen MR) is 127 cm³/mol. The van der Waals surface area contributed by atoms with E-state index in [1.807, 2.05) is 32.6 Å². The topological polar surface area (TPSA) is 99.4 Å². The van der Waals surface area contributed by atoms with Crippen molar-refractivity contribution in [1.82, 2.24) is 15.1 Å². The molecule has 0 saturated heterocycles. The number of anilines is 2. The van der Waals surface area contributed by atoms with Gasteiger partial charge in [-0.2, -0.15) is 13.9 Å². The maximum atomic E-state index is 14.3. The lowest BCUT2D eigenvalue weighted by Gasteiger charge is -2.41. The van der Waals surface area contributed by atoms with Crippen LogP contribution in [0.15, 0.2) is 18.2 Å². The summed E-state index contributed by atoms with van der Waals surface area (Å²) in [5.74, 6) is -1.28. The second kappa shape index (κ2) is 8.71. The maximum absolute atomic E-state index is 14.3. The number of ether oxygens (including phenoxy) is 1. The quantitative estimate of drug-likeness (QED) is 0.527. The van der Waals surface area contributed by atoms with Crippen LogP contribution in [0.2, 0.25) is 0 Å². The molecule has 0 spiro atoms. The van der Waals surface area contributed by atoms with Crippen LogP contribution in [-0.2, 0) is 16.9 Å². The first-order valence-electron chi connectivity index (χ1n) is 10.5. The summed E-state index contributed by atoms with van der Waals surface area (Å²) < 4.78 is 43.5. The molecule has 12 heteroatoms. The number of alkyl halides is 2. The summed E-state index contributed by atoms with van der Waals surface area (Å²) in [5.41, 5.74) is -0.169. The molecule has 1 aromatic carbocycles. The van der Waals surface area contributed by atoms with Crippen molar-refractivity contribution in [2.75, 3.05) is 29.4 Å². The van der Waals surface area contributed by atoms with Gasteiger partial charge in [-0.15, -0.1) is 0 Å². The number of para-hydroxylation sites is 1. The van der Waals surface area contributed by atoms with Crippen LogP contribution in [0.3, 0.4) is 0 Å². The second-order valence-corrected chi connectivity index (χ2v) is 14.5. The number of fused-ring (bicyclic) bond motifs is 1. The Hall–Kier alpha value is -2.89. The Morgan fingerprint density at radius 3 is 2.47 bits per heavy atom. The van der Waals surface area contributed by atoms with Crippen LogP contribution in [0, 0.1) is 5.82 Å². The van der Waals surface area contributed by atoms with Gasteiger partial charge in [0.05, 0.1) is 22.5 Å². The number of nitrogens with zero attached hydrogens (tertiary/aromatic N) is 2. The van der Waals surface area contributed by atoms with Gasteiger partial charge in [0, 0.05) is 5.56 Å². The highest BCUT2D eigenvalue weighted by Crippen LogP contribution is 2.50. The molecular formula is C22H30F3N5O3S. The molecule has 8 nitrogen and oxygen atoms in total. The molecule has 0 aliphatic carbocycles. The van der Waals surface area contributed by atoms with Gasteiger partial charge in [-0.1, -0.05) is 6.07 Å². The molecular weight excluding hydrogens is 471 g/mol. The van der Waals surface area contributed by atoms with Gasteiger partial charge < -0.3 is 20.3 Å². The van der Waals surface area contributed by atoms with E-state index in [4.69, 9.17) is 0 Å². The Bertz CT molecular complexity index is 1110. The average molecular weight is 502 g/mol. The molecule has 0 radical (unpaired) electrons. The molecule has 0 atom stereocenters. The van der Waals surface area contributed by atoms with Crippen molar-refractivity contribution in [2.24, 2.45) is 0 Å². The number of rotatable bonds is 6. The molecule has 0 unspecified atom stereocenters. The Morgan fingerprint density at radius 1 is 1.24 bits per heavy atom. The second-order valence-electron chi connectivity index (χ2n) is 9.79. The number of halogens is 3. The number of urea groups is 1. The van der Waals surface area contributed by atoms with Crippen LogP contribution >= 0.6 is 10.0 Å². The van der Waals surface area contributed by atoms with Crippen LogP contribution in [0.1, 0.15) is 39.0 Å². The molecule has 2 heterocycles. The molecule has 188 valence electrons. The lowest BCUT2D eigenvalue weighted by Crippen LogP contribution is -2.43. The van der Waals surface area contributed by atoms with Crippen LogP contribution in [0.4, 0.5) is 29.5 Å². The van der Waals surface area contributed by atoms with Gasteiger partial charge in [-0.25, -0.2) is 19.2 Å². The van der Waals surface area contributed by atoms with Gasteiger partial charge in [0.1, 0.15) is 5.69 Å². The van der Waals surface area contributed by atoms with Gasteiger partial charge in [0.15, 0.2) is 17.4 Å². The smallest absolute Gasteiger partial charge is 0.387 e. The summed E-state index contributed by atoms with van der Waals surface area (Å²) in [6.07, 6.45) is 6.14. The first kappa shape index (κ1) is 25.7. The lowest BCUT2D eigenvalue weighted by atomic mass is 10.0. The Balaban J connectivity index is 1.85. The first-order chi connectivity index (χ1) is 15.6. The third-order valence-electron chi connectivity index (χ3n) is 6.45. The van der Waals surface area contributed by atoms with Crippen molar-refractivity contribution in [3.05, 3.63) is 35.3 Å². The van der Waals surface area contributed by atoms with Crippen molar-refractivity contribution < 1.29 is 27.5 Å². The summed E-state index contributed by atoms with van der Waals surface area (Å²) in [6, 6.07) is 2.64. The number of nitrogens with one attached hydrogen (secondary N) is 3. The number of H-pyrrole nitrogens is 1. The maximum Gasteiger partial charge on any atom is 0.387 e. The van der Waals surface area contributed by atoms with E-state index < -0.39 is 50.2 Å². The normalized spacial score (nSPS) is 15.8. The minimum Gasteiger partial charge on any atom is -0.432 e. The third kappa shape index (κ3) is 4.55. The highest BCUT2D eigenvalue weighted by molar-refractivity contribution is 8.33. The van der Waals surface area contributed by atoms with Crippen molar-refractivity contribution in [3.8, 4) is 5.75 Å². The van der Waals surface area contributed by atoms with Crippen molar-refractivity contribution in [2.45, 2.75) is 51.1 Å². The predicted octanol–water partition coefficient (Wildman–Crippen LogP) is 4.84. The van der Waals surface area contributed by atoms with E-state index >= 15 is 0 Å². The number of aromatic amines is 1. The first-order valence-corrected chi connectivity index (χ1v) is 13.3. The molecule has 1 aromatic heterocycles. The summed E-state index contributed by atoms with van der Waals surface area (Å²) in [5, 5.41) is 12.4. The van der Waals surface area contributed by atoms with Gasteiger partial charge in [0.2, 0.25) is 5.91 Å². The molecule has 34 heavy (non-hydrogen) atoms. The van der Waals surface area contributed by atoms with Crippen molar-refractivity contribution in [3.63, 3.8) is 0 Å². The monoisotopic (exact) mass is 501 g/mol. The molecule has 0 fully saturated rings. The van der Waals surface area contributed by atoms with Gasteiger partial charge in [-0.05, 0) is 58.6 Å². The Kier molecular flexibility index (Phi) is 6.59. The zero-order valence-electron chi connectivity index (χ0n) is 20.2. The largest absolute Gasteiger partial charge is 0.432 e. The zero-order chi connectivity index (χ0) is 25.6. The molecule has 2 aromatic rings. The highest BCUT2D eigenvalue weighted by Gasteiger charge is 2.45. The minimum absolute atomic E-state index is 0.0581. The number of aromatic nitrogens is 2. The number of carbonyl (C=O) groups is 2. The summed E-state index contributed by atoms with van der Waals surface area (Å²) >= 11 is 0. The van der Waals surface area contributed by atoms with E-state index in [0.717, 1.165) is 12.1 Å². The fourth-order valence-corrected chi connectivity index (χ4v) is 4.08. The third-order valence-corrected chi connectivity index (χ3v) is 9.70. The highest BCUT2D eigenvalue weighted by atomic mass is 32.3. The fourth-order valence-electron chi connectivity index (χ4n) is 3.48. The lowest BCUT2D eigenvalue weighted by molar-refractivity contribution is -0.117. The van der Waals surface area contributed by atoms with Gasteiger partial charge >= 0.3 is 12.6 Å². The fraction of sp³-hybridized carbons (Fsp3) is 0.500. The zero-order valence-corrected chi connectivity index (χ0v) is 21.0. The van der Waals surface area contributed by atoms with E-state index in [-0.39, 0.29) is 12.5 Å². The van der Waals surface area contributed by atoms with E-state index in [2.05, 4.69) is 25.6 Å². The number of hydrogen-bond donors (Lipinski definition) is 3. The van der Waals surface area contributed by atoms with Crippen LogP contribution in [0.25, 0.3) is 0 Å². The summed E-state index contributed by atoms with van der Waals surface area (Å²) in [7, 11) is -1.24. The molecule has 3 rings (SSSR count). The average Bonchev–Trinajstić information content (AvgIpc) is 3.21. The van der Waals surface area contributed by atoms with Crippen LogP contribution in [0.5, 0.6) is 5.75 Å². The minimum atomic E-state index is -3.18. The Labute approximate surface area is 197 Å². The van der Waals surface area contributed by atoms with E-state index in [1.54, 1.807) is 13.8 Å². The van der Waals surface area contributed by atoms with Crippen molar-refractivity contribution >= 4 is 33.5 Å². The molecule has 0 saturated carbocycles. The number of hydrogen-bond acceptors (Lipinski definition) is 4. The van der Waals surface area contributed by atoms with Crippen molar-refractivity contribution in [1.29, 1.82) is 0 Å². The molecule has 0 bridgehead atoms. The summed E-state index contributed by atoms with van der Waals surface area (Å²) in [6.45, 7) is 4.13. The molecule has 1 aliphatic rings. The van der Waals surface area contributed by atoms with E-state index in [0.29, 0.717) is 17.1 Å². The Morgan fingerprint density at radius 2 is 1.88 bits per heavy atom. The van der Waals surface area contributed by atoms with Gasteiger partial charge in [-0.3, -0.25) is 9.89 Å². The molecule has 3 N–H and O–H groups in total. The van der Waals surface area contributed by atoms with Crippen LogP contribution < -0.4 is 15.4 Å².